The summed E-state index contributed by atoms with van der Waals surface area (Å²) in [6.45, 7) is 0.397. The average molecular weight is 502 g/mol. The maximum Gasteiger partial charge on any atom is 0.416 e. The van der Waals surface area contributed by atoms with Crippen LogP contribution in [0.25, 0.3) is 6.08 Å². The number of nitrogens with one attached hydrogen (secondary N) is 1. The molecule has 0 unspecified atom stereocenters. The summed E-state index contributed by atoms with van der Waals surface area (Å²) >= 11 is 0. The van der Waals surface area contributed by atoms with Crippen LogP contribution in [0.4, 0.5) is 18.9 Å². The first kappa shape index (κ1) is 25.4. The summed E-state index contributed by atoms with van der Waals surface area (Å²) in [7, 11) is 1.67. The van der Waals surface area contributed by atoms with Crippen molar-refractivity contribution in [2.24, 2.45) is 0 Å². The van der Waals surface area contributed by atoms with Gasteiger partial charge in [-0.15, -0.1) is 0 Å². The number of amides is 3. The van der Waals surface area contributed by atoms with E-state index in [0.29, 0.717) is 29.7 Å². The summed E-state index contributed by atoms with van der Waals surface area (Å²) in [4.78, 5) is 41.5. The van der Waals surface area contributed by atoms with Gasteiger partial charge in [-0.05, 0) is 54.3 Å². The number of fused-ring (bicyclic) bond motifs is 2. The molecule has 2 heterocycles. The van der Waals surface area contributed by atoms with Crippen LogP contribution in [-0.2, 0) is 21.2 Å². The van der Waals surface area contributed by atoms with Crippen molar-refractivity contribution in [1.82, 2.24) is 10.2 Å². The second kappa shape index (κ2) is 9.77. The minimum atomic E-state index is -4.53. The molecule has 2 aromatic rings. The summed E-state index contributed by atoms with van der Waals surface area (Å²) in [6.07, 6.45) is -1.59. The van der Waals surface area contributed by atoms with Crippen molar-refractivity contribution >= 4 is 29.5 Å². The minimum Gasteiger partial charge on any atom is -0.395 e. The predicted molar refractivity (Wildman–Crippen MR) is 127 cm³/mol. The van der Waals surface area contributed by atoms with Gasteiger partial charge in [0.1, 0.15) is 0 Å². The van der Waals surface area contributed by atoms with E-state index in [4.69, 9.17) is 5.11 Å². The van der Waals surface area contributed by atoms with Crippen LogP contribution in [0.2, 0.25) is 0 Å². The van der Waals surface area contributed by atoms with Crippen LogP contribution < -0.4 is 10.2 Å². The number of alkyl halides is 3. The largest absolute Gasteiger partial charge is 0.416 e. The third-order valence-corrected chi connectivity index (χ3v) is 6.85. The first-order chi connectivity index (χ1) is 17.1. The third-order valence-electron chi connectivity index (χ3n) is 6.85. The van der Waals surface area contributed by atoms with E-state index in [1.165, 1.54) is 23.1 Å². The molecule has 0 radical (unpaired) electrons. The number of carbonyl (C=O) groups excluding carboxylic acids is 3. The van der Waals surface area contributed by atoms with Crippen LogP contribution >= 0.6 is 0 Å². The molecule has 0 aliphatic carbocycles. The summed E-state index contributed by atoms with van der Waals surface area (Å²) in [5.74, 6) is -0.911. The van der Waals surface area contributed by atoms with Crippen LogP contribution in [0.15, 0.2) is 48.5 Å². The molecule has 36 heavy (non-hydrogen) atoms. The zero-order valence-electron chi connectivity index (χ0n) is 19.6. The lowest BCUT2D eigenvalue weighted by Crippen LogP contribution is -2.49. The van der Waals surface area contributed by atoms with Crippen molar-refractivity contribution in [3.05, 3.63) is 70.8 Å². The van der Waals surface area contributed by atoms with E-state index in [1.807, 2.05) is 0 Å². The van der Waals surface area contributed by atoms with Gasteiger partial charge in [-0.1, -0.05) is 18.2 Å². The summed E-state index contributed by atoms with van der Waals surface area (Å²) in [5.41, 5.74) is -0.0206. The van der Waals surface area contributed by atoms with Crippen molar-refractivity contribution in [2.45, 2.75) is 24.4 Å². The van der Waals surface area contributed by atoms with E-state index in [9.17, 15) is 27.6 Å². The number of piperidine rings is 1. The van der Waals surface area contributed by atoms with Gasteiger partial charge < -0.3 is 20.2 Å². The van der Waals surface area contributed by atoms with Crippen molar-refractivity contribution in [1.29, 1.82) is 0 Å². The summed E-state index contributed by atoms with van der Waals surface area (Å²) in [6, 6.07) is 10.1. The van der Waals surface area contributed by atoms with Crippen LogP contribution in [-0.4, -0.2) is 61.0 Å². The quantitative estimate of drug-likeness (QED) is 0.617. The molecule has 7 nitrogen and oxygen atoms in total. The minimum absolute atomic E-state index is 0.0969. The molecule has 2 aliphatic rings. The molecule has 2 N–H and O–H groups in total. The van der Waals surface area contributed by atoms with Gasteiger partial charge in [-0.2, -0.15) is 13.2 Å². The van der Waals surface area contributed by atoms with Crippen molar-refractivity contribution in [3.8, 4) is 0 Å². The standard InChI is InChI=1S/C26H26F3N3O4/c1-31-21-8-6-18(23(35)30-12-15-33)16-20(21)25(24(31)36)10-13-32(14-11-25)22(34)9-7-17-4-2-3-5-19(17)26(27,28)29/h2-9,16,33H,10-15H2,1H3,(H,30,35). The monoisotopic (exact) mass is 501 g/mol. The highest BCUT2D eigenvalue weighted by molar-refractivity contribution is 6.09. The molecule has 1 saturated heterocycles. The number of hydrogen-bond acceptors (Lipinski definition) is 4. The number of rotatable bonds is 5. The second-order valence-corrected chi connectivity index (χ2v) is 8.90. The lowest BCUT2D eigenvalue weighted by atomic mass is 9.73. The lowest BCUT2D eigenvalue weighted by molar-refractivity contribution is -0.137. The normalized spacial score (nSPS) is 17.1. The van der Waals surface area contributed by atoms with Crippen molar-refractivity contribution < 1.29 is 32.7 Å². The van der Waals surface area contributed by atoms with Gasteiger partial charge in [0.25, 0.3) is 5.91 Å². The molecule has 3 amide bonds. The van der Waals surface area contributed by atoms with E-state index < -0.39 is 23.1 Å². The smallest absolute Gasteiger partial charge is 0.395 e. The first-order valence-electron chi connectivity index (χ1n) is 11.5. The van der Waals surface area contributed by atoms with Crippen LogP contribution in [0.3, 0.4) is 0 Å². The number of aliphatic hydroxyl groups is 1. The van der Waals surface area contributed by atoms with E-state index in [-0.39, 0.29) is 43.6 Å². The molecule has 0 bridgehead atoms. The van der Waals surface area contributed by atoms with Crippen molar-refractivity contribution in [3.63, 3.8) is 0 Å². The number of halogens is 3. The van der Waals surface area contributed by atoms with Gasteiger partial charge in [0.15, 0.2) is 0 Å². The number of aliphatic hydroxyl groups excluding tert-OH is 1. The Hall–Kier alpha value is -3.66. The maximum atomic E-state index is 13.3. The number of benzene rings is 2. The van der Waals surface area contributed by atoms with Gasteiger partial charge in [0.05, 0.1) is 17.6 Å². The molecule has 1 fully saturated rings. The SMILES string of the molecule is CN1C(=O)C2(CCN(C(=O)C=Cc3ccccc3C(F)(F)F)CC2)c2cc(C(=O)NCCO)ccc21. The molecule has 2 aliphatic heterocycles. The molecule has 1 spiro atoms. The molecule has 0 atom stereocenters. The molecular formula is C26H26F3N3O4. The first-order valence-corrected chi connectivity index (χ1v) is 11.5. The number of hydrogen-bond donors (Lipinski definition) is 2. The Morgan fingerprint density at radius 2 is 1.83 bits per heavy atom. The fraction of sp³-hybridized carbons (Fsp3) is 0.346. The number of likely N-dealkylation sites (tertiary alicyclic amines) is 1. The third kappa shape index (κ3) is 4.60. The van der Waals surface area contributed by atoms with Crippen LogP contribution in [0.1, 0.15) is 39.9 Å². The Morgan fingerprint density at radius 3 is 2.50 bits per heavy atom. The highest BCUT2D eigenvalue weighted by Gasteiger charge is 2.51. The Labute approximate surface area is 206 Å². The van der Waals surface area contributed by atoms with Gasteiger partial charge in [-0.25, -0.2) is 0 Å². The molecule has 0 saturated carbocycles. The van der Waals surface area contributed by atoms with E-state index >= 15 is 0 Å². The Morgan fingerprint density at radius 1 is 1.14 bits per heavy atom. The Kier molecular flexibility index (Phi) is 6.90. The highest BCUT2D eigenvalue weighted by atomic mass is 19.4. The predicted octanol–water partition coefficient (Wildman–Crippen LogP) is 2.98. The molecule has 4 rings (SSSR count). The van der Waals surface area contributed by atoms with Gasteiger partial charge >= 0.3 is 6.18 Å². The topological polar surface area (TPSA) is 90.0 Å². The number of anilines is 1. The van der Waals surface area contributed by atoms with Crippen LogP contribution in [0.5, 0.6) is 0 Å². The number of nitrogens with zero attached hydrogens (tertiary/aromatic N) is 2. The molecule has 10 heteroatoms. The highest BCUT2D eigenvalue weighted by Crippen LogP contribution is 2.47. The zero-order chi connectivity index (χ0) is 26.1. The Balaban J connectivity index is 1.51. The molecule has 0 aromatic heterocycles. The Bertz CT molecular complexity index is 1220. The number of likely N-dealkylation sites (N-methyl/N-ethyl adjacent to an activating group) is 1. The average Bonchev–Trinajstić information content (AvgIpc) is 3.07. The van der Waals surface area contributed by atoms with E-state index in [2.05, 4.69) is 5.32 Å². The summed E-state index contributed by atoms with van der Waals surface area (Å²) in [5, 5.41) is 11.6. The molecule has 190 valence electrons. The molecular weight excluding hydrogens is 475 g/mol. The van der Waals surface area contributed by atoms with E-state index in [1.54, 1.807) is 30.1 Å². The number of carbonyl (C=O) groups is 3. The zero-order valence-corrected chi connectivity index (χ0v) is 19.6. The maximum absolute atomic E-state index is 13.3. The van der Waals surface area contributed by atoms with Gasteiger partial charge in [-0.3, -0.25) is 14.4 Å². The summed E-state index contributed by atoms with van der Waals surface area (Å²) < 4.78 is 39.7. The fourth-order valence-electron chi connectivity index (χ4n) is 4.93. The van der Waals surface area contributed by atoms with E-state index in [0.717, 1.165) is 18.2 Å². The lowest BCUT2D eigenvalue weighted by Gasteiger charge is -2.38. The van der Waals surface area contributed by atoms with Gasteiger partial charge in [0, 0.05) is 44.0 Å². The molecule has 2 aromatic carbocycles. The van der Waals surface area contributed by atoms with Crippen LogP contribution in [0, 0.1) is 0 Å². The fourth-order valence-corrected chi connectivity index (χ4v) is 4.93. The van der Waals surface area contributed by atoms with Crippen molar-refractivity contribution in [2.75, 3.05) is 38.2 Å². The second-order valence-electron chi connectivity index (χ2n) is 8.90. The van der Waals surface area contributed by atoms with Gasteiger partial charge in [0.2, 0.25) is 11.8 Å².